The van der Waals surface area contributed by atoms with Gasteiger partial charge in [0.25, 0.3) is 5.91 Å². The number of rotatable bonds is 6. The van der Waals surface area contributed by atoms with Crippen LogP contribution in [-0.2, 0) is 6.61 Å². The number of nitrogens with zero attached hydrogens (tertiary/aromatic N) is 2. The van der Waals surface area contributed by atoms with Crippen molar-refractivity contribution in [2.24, 2.45) is 0 Å². The number of para-hydroxylation sites is 1. The van der Waals surface area contributed by atoms with Crippen LogP contribution in [0.25, 0.3) is 5.65 Å². The summed E-state index contributed by atoms with van der Waals surface area (Å²) >= 11 is 0. The summed E-state index contributed by atoms with van der Waals surface area (Å²) in [5, 5.41) is 2.87. The number of imidazole rings is 1. The number of carbonyl (C=O) groups excluding carboxylic acids is 1. The van der Waals surface area contributed by atoms with Crippen molar-refractivity contribution in [1.29, 1.82) is 0 Å². The van der Waals surface area contributed by atoms with Gasteiger partial charge in [0.1, 0.15) is 12.3 Å². The molecular formula is C23H19N3O5. The molecule has 156 valence electrons. The van der Waals surface area contributed by atoms with Gasteiger partial charge in [-0.05, 0) is 36.4 Å². The maximum Gasteiger partial charge on any atom is 0.259 e. The lowest BCUT2D eigenvalue weighted by molar-refractivity contribution is 0.102. The number of fused-ring (bicyclic) bond motifs is 2. The molecular weight excluding hydrogens is 398 g/mol. The number of aromatic nitrogens is 2. The van der Waals surface area contributed by atoms with Crippen molar-refractivity contribution in [2.45, 2.75) is 6.61 Å². The molecule has 0 saturated heterocycles. The number of hydrogen-bond acceptors (Lipinski definition) is 6. The maximum absolute atomic E-state index is 12.8. The van der Waals surface area contributed by atoms with Crippen LogP contribution < -0.4 is 24.3 Å². The summed E-state index contributed by atoms with van der Waals surface area (Å²) in [5.41, 5.74) is 2.58. The first-order valence-electron chi connectivity index (χ1n) is 9.65. The third-order valence-electron chi connectivity index (χ3n) is 4.85. The van der Waals surface area contributed by atoms with Gasteiger partial charge < -0.3 is 28.7 Å². The van der Waals surface area contributed by atoms with Gasteiger partial charge in [-0.1, -0.05) is 12.1 Å². The van der Waals surface area contributed by atoms with E-state index in [9.17, 15) is 4.79 Å². The average Bonchev–Trinajstić information content (AvgIpc) is 3.44. The summed E-state index contributed by atoms with van der Waals surface area (Å²) in [5.74, 6) is 1.74. The third kappa shape index (κ3) is 3.71. The lowest BCUT2D eigenvalue weighted by Gasteiger charge is -2.13. The van der Waals surface area contributed by atoms with Gasteiger partial charge in [-0.15, -0.1) is 0 Å². The van der Waals surface area contributed by atoms with Crippen LogP contribution in [0.3, 0.4) is 0 Å². The molecule has 0 bridgehead atoms. The van der Waals surface area contributed by atoms with Crippen LogP contribution in [0.4, 0.5) is 5.69 Å². The van der Waals surface area contributed by atoms with E-state index in [-0.39, 0.29) is 19.3 Å². The quantitative estimate of drug-likeness (QED) is 0.512. The fourth-order valence-electron chi connectivity index (χ4n) is 3.38. The van der Waals surface area contributed by atoms with Crippen molar-refractivity contribution in [3.8, 4) is 23.0 Å². The maximum atomic E-state index is 12.8. The molecule has 0 spiro atoms. The molecule has 1 aliphatic heterocycles. The summed E-state index contributed by atoms with van der Waals surface area (Å²) < 4.78 is 24.0. The predicted octanol–water partition coefficient (Wildman–Crippen LogP) is 3.90. The minimum absolute atomic E-state index is 0.100. The second-order valence-electron chi connectivity index (χ2n) is 6.85. The lowest BCUT2D eigenvalue weighted by atomic mass is 10.1. The lowest BCUT2D eigenvalue weighted by Crippen LogP contribution is -2.13. The second-order valence-corrected chi connectivity index (χ2v) is 6.85. The number of methoxy groups -OCH3 is 1. The number of hydrogen-bond donors (Lipinski definition) is 1. The predicted molar refractivity (Wildman–Crippen MR) is 113 cm³/mol. The Morgan fingerprint density at radius 3 is 2.94 bits per heavy atom. The standard InChI is InChI=1S/C23H19N3O5/c1-28-18-9-8-15(25-23(27)17-5-4-6-19-22(17)31-14-30-19)11-20(18)29-13-16-12-26-10-3-2-7-21(26)24-16/h2-12H,13-14H2,1H3,(H,25,27). The van der Waals surface area contributed by atoms with E-state index in [2.05, 4.69) is 10.3 Å². The molecule has 2 aromatic carbocycles. The van der Waals surface area contributed by atoms with Crippen molar-refractivity contribution >= 4 is 17.2 Å². The highest BCUT2D eigenvalue weighted by molar-refractivity contribution is 6.07. The largest absolute Gasteiger partial charge is 0.493 e. The monoisotopic (exact) mass is 417 g/mol. The number of anilines is 1. The fourth-order valence-corrected chi connectivity index (χ4v) is 3.38. The van der Waals surface area contributed by atoms with Gasteiger partial charge >= 0.3 is 0 Å². The summed E-state index contributed by atoms with van der Waals surface area (Å²) in [6.45, 7) is 0.357. The highest BCUT2D eigenvalue weighted by Crippen LogP contribution is 2.36. The Balaban J connectivity index is 1.34. The van der Waals surface area contributed by atoms with Crippen LogP contribution in [0.2, 0.25) is 0 Å². The number of benzene rings is 2. The van der Waals surface area contributed by atoms with Gasteiger partial charge in [-0.2, -0.15) is 0 Å². The zero-order chi connectivity index (χ0) is 21.2. The van der Waals surface area contributed by atoms with Gasteiger partial charge in [0, 0.05) is 24.1 Å². The summed E-state index contributed by atoms with van der Waals surface area (Å²) in [6, 6.07) is 16.2. The van der Waals surface area contributed by atoms with Crippen LogP contribution in [0.1, 0.15) is 16.1 Å². The van der Waals surface area contributed by atoms with Crippen molar-refractivity contribution in [2.75, 3.05) is 19.2 Å². The molecule has 0 aliphatic carbocycles. The summed E-state index contributed by atoms with van der Waals surface area (Å²) in [7, 11) is 1.57. The molecule has 0 radical (unpaired) electrons. The Morgan fingerprint density at radius 1 is 1.13 bits per heavy atom. The van der Waals surface area contributed by atoms with Crippen LogP contribution in [0.15, 0.2) is 67.0 Å². The van der Waals surface area contributed by atoms with E-state index in [4.69, 9.17) is 18.9 Å². The molecule has 8 heteroatoms. The number of pyridine rings is 1. The zero-order valence-corrected chi connectivity index (χ0v) is 16.7. The van der Waals surface area contributed by atoms with Gasteiger partial charge in [0.05, 0.1) is 18.4 Å². The van der Waals surface area contributed by atoms with Gasteiger partial charge in [-0.25, -0.2) is 4.98 Å². The molecule has 5 rings (SSSR count). The van der Waals surface area contributed by atoms with Crippen molar-refractivity contribution < 1.29 is 23.7 Å². The third-order valence-corrected chi connectivity index (χ3v) is 4.85. The molecule has 0 unspecified atom stereocenters. The first kappa shape index (κ1) is 18.8. The van der Waals surface area contributed by atoms with E-state index in [0.29, 0.717) is 34.2 Å². The molecule has 0 fully saturated rings. The molecule has 0 saturated carbocycles. The Hall–Kier alpha value is -4.20. The molecule has 2 aromatic heterocycles. The van der Waals surface area contributed by atoms with Gasteiger partial charge in [0.2, 0.25) is 6.79 Å². The smallest absolute Gasteiger partial charge is 0.259 e. The average molecular weight is 417 g/mol. The topological polar surface area (TPSA) is 83.3 Å². The Labute approximate surface area is 178 Å². The zero-order valence-electron chi connectivity index (χ0n) is 16.7. The molecule has 3 heterocycles. The number of amides is 1. The highest BCUT2D eigenvalue weighted by Gasteiger charge is 2.22. The molecule has 8 nitrogen and oxygen atoms in total. The van der Waals surface area contributed by atoms with E-state index < -0.39 is 0 Å². The molecule has 0 atom stereocenters. The normalized spacial score (nSPS) is 12.0. The van der Waals surface area contributed by atoms with Crippen LogP contribution in [0.5, 0.6) is 23.0 Å². The number of ether oxygens (including phenoxy) is 4. The second kappa shape index (κ2) is 7.91. The van der Waals surface area contributed by atoms with E-state index in [1.807, 2.05) is 35.0 Å². The fraction of sp³-hybridized carbons (Fsp3) is 0.130. The van der Waals surface area contributed by atoms with Gasteiger partial charge in [0.15, 0.2) is 23.0 Å². The molecule has 1 aliphatic rings. The number of carbonyl (C=O) groups is 1. The number of nitrogens with one attached hydrogen (secondary N) is 1. The Morgan fingerprint density at radius 2 is 2.06 bits per heavy atom. The molecule has 31 heavy (non-hydrogen) atoms. The van der Waals surface area contributed by atoms with Gasteiger partial charge in [-0.3, -0.25) is 4.79 Å². The first-order chi connectivity index (χ1) is 15.2. The van der Waals surface area contributed by atoms with Crippen molar-refractivity contribution in [3.05, 3.63) is 78.2 Å². The SMILES string of the molecule is COc1ccc(NC(=O)c2cccc3c2OCO3)cc1OCc1cn2ccccc2n1. The van der Waals surface area contributed by atoms with Crippen molar-refractivity contribution in [3.63, 3.8) is 0 Å². The van der Waals surface area contributed by atoms with E-state index in [1.54, 1.807) is 43.5 Å². The summed E-state index contributed by atoms with van der Waals surface area (Å²) in [6.07, 6.45) is 3.84. The van der Waals surface area contributed by atoms with Crippen LogP contribution >= 0.6 is 0 Å². The van der Waals surface area contributed by atoms with Crippen molar-refractivity contribution in [1.82, 2.24) is 9.38 Å². The Kier molecular flexibility index (Phi) is 4.80. The minimum atomic E-state index is -0.307. The molecule has 1 N–H and O–H groups in total. The van der Waals surface area contributed by atoms with Crippen LogP contribution in [0, 0.1) is 0 Å². The molecule has 1 amide bonds. The van der Waals surface area contributed by atoms with Crippen LogP contribution in [-0.4, -0.2) is 29.2 Å². The van der Waals surface area contributed by atoms with E-state index in [0.717, 1.165) is 11.3 Å². The highest BCUT2D eigenvalue weighted by atomic mass is 16.7. The summed E-state index contributed by atoms with van der Waals surface area (Å²) in [4.78, 5) is 17.3. The van der Waals surface area contributed by atoms with E-state index in [1.165, 1.54) is 0 Å². The Bertz CT molecular complexity index is 1230. The molecule has 4 aromatic rings. The minimum Gasteiger partial charge on any atom is -0.493 e. The van der Waals surface area contributed by atoms with E-state index >= 15 is 0 Å². The first-order valence-corrected chi connectivity index (χ1v) is 9.65.